The lowest BCUT2D eigenvalue weighted by Gasteiger charge is -2.20. The molecule has 0 radical (unpaired) electrons. The van der Waals surface area contributed by atoms with Gasteiger partial charge >= 0.3 is 0 Å². The molecule has 1 aliphatic carbocycles. The molecule has 4 nitrogen and oxygen atoms in total. The third-order valence-electron chi connectivity index (χ3n) is 4.52. The number of aliphatic hydroxyl groups excluding tert-OH is 1. The van der Waals surface area contributed by atoms with Crippen molar-refractivity contribution >= 4 is 0 Å². The molecule has 24 heavy (non-hydrogen) atoms. The van der Waals surface area contributed by atoms with Crippen LogP contribution in [0.1, 0.15) is 24.0 Å². The van der Waals surface area contributed by atoms with Crippen LogP contribution in [0.15, 0.2) is 48.5 Å². The van der Waals surface area contributed by atoms with E-state index < -0.39 is 6.10 Å². The zero-order valence-corrected chi connectivity index (χ0v) is 13.8. The molecule has 3 N–H and O–H groups in total. The van der Waals surface area contributed by atoms with E-state index in [0.717, 1.165) is 37.0 Å². The lowest BCUT2D eigenvalue weighted by Crippen LogP contribution is -2.39. The number of phenolic OH excluding ortho intramolecular Hbond substituents is 1. The molecule has 3 rings (SSSR count). The van der Waals surface area contributed by atoms with Crippen LogP contribution < -0.4 is 10.1 Å². The van der Waals surface area contributed by atoms with Crippen LogP contribution in [-0.2, 0) is 12.8 Å². The Labute approximate surface area is 143 Å². The fourth-order valence-corrected chi connectivity index (χ4v) is 3.24. The smallest absolute Gasteiger partial charge is 0.119 e. The van der Waals surface area contributed by atoms with E-state index in [9.17, 15) is 10.2 Å². The van der Waals surface area contributed by atoms with Gasteiger partial charge < -0.3 is 20.3 Å². The molecule has 128 valence electrons. The van der Waals surface area contributed by atoms with Crippen LogP contribution in [0.25, 0.3) is 0 Å². The third kappa shape index (κ3) is 4.49. The number of aliphatic hydroxyl groups is 1. The maximum atomic E-state index is 10.1. The monoisotopic (exact) mass is 327 g/mol. The first-order valence-electron chi connectivity index (χ1n) is 8.61. The third-order valence-corrected chi connectivity index (χ3v) is 4.52. The quantitative estimate of drug-likeness (QED) is 0.714. The van der Waals surface area contributed by atoms with Gasteiger partial charge in [0, 0.05) is 12.6 Å². The van der Waals surface area contributed by atoms with Crippen molar-refractivity contribution in [1.29, 1.82) is 0 Å². The van der Waals surface area contributed by atoms with Gasteiger partial charge in [-0.2, -0.15) is 0 Å². The van der Waals surface area contributed by atoms with E-state index in [1.54, 1.807) is 6.07 Å². The predicted molar refractivity (Wildman–Crippen MR) is 94.5 cm³/mol. The number of hydrogen-bond donors (Lipinski definition) is 3. The summed E-state index contributed by atoms with van der Waals surface area (Å²) >= 11 is 0. The second kappa shape index (κ2) is 8.18. The van der Waals surface area contributed by atoms with Gasteiger partial charge in [0.05, 0.1) is 0 Å². The van der Waals surface area contributed by atoms with Gasteiger partial charge in [-0.25, -0.2) is 0 Å². The van der Waals surface area contributed by atoms with E-state index in [4.69, 9.17) is 4.74 Å². The fourth-order valence-electron chi connectivity index (χ4n) is 3.24. The summed E-state index contributed by atoms with van der Waals surface area (Å²) in [5.41, 5.74) is 2.29. The highest BCUT2D eigenvalue weighted by Crippen LogP contribution is 2.27. The van der Waals surface area contributed by atoms with Crippen LogP contribution in [0.4, 0.5) is 0 Å². The second-order valence-corrected chi connectivity index (χ2v) is 6.39. The first-order chi connectivity index (χ1) is 11.7. The van der Waals surface area contributed by atoms with E-state index in [1.807, 2.05) is 36.4 Å². The van der Waals surface area contributed by atoms with E-state index in [0.29, 0.717) is 18.3 Å². The minimum atomic E-state index is -0.544. The summed E-state index contributed by atoms with van der Waals surface area (Å²) in [5.74, 6) is 1.18. The van der Waals surface area contributed by atoms with Gasteiger partial charge in [0.25, 0.3) is 0 Å². The Morgan fingerprint density at radius 3 is 2.79 bits per heavy atom. The largest absolute Gasteiger partial charge is 0.508 e. The maximum Gasteiger partial charge on any atom is 0.119 e. The SMILES string of the molecule is Oc1cccc2c1CCCC(NC[C@H](O)COc1ccccc1)C2. The first-order valence-corrected chi connectivity index (χ1v) is 8.61. The Kier molecular flexibility index (Phi) is 5.72. The molecule has 1 unspecified atom stereocenters. The topological polar surface area (TPSA) is 61.7 Å². The molecule has 0 saturated carbocycles. The maximum absolute atomic E-state index is 10.1. The van der Waals surface area contributed by atoms with Crippen LogP contribution in [0.3, 0.4) is 0 Å². The second-order valence-electron chi connectivity index (χ2n) is 6.39. The minimum absolute atomic E-state index is 0.279. The lowest BCUT2D eigenvalue weighted by atomic mass is 10.0. The summed E-state index contributed by atoms with van der Waals surface area (Å²) in [7, 11) is 0. The molecule has 2 aromatic rings. The van der Waals surface area contributed by atoms with Crippen molar-refractivity contribution in [3.63, 3.8) is 0 Å². The van der Waals surface area contributed by atoms with Crippen LogP contribution in [0, 0.1) is 0 Å². The van der Waals surface area contributed by atoms with Crippen LogP contribution in [-0.4, -0.2) is 35.5 Å². The molecule has 0 fully saturated rings. The number of fused-ring (bicyclic) bond motifs is 1. The van der Waals surface area contributed by atoms with Crippen molar-refractivity contribution in [2.45, 2.75) is 37.8 Å². The molecule has 0 amide bonds. The molecule has 0 saturated heterocycles. The van der Waals surface area contributed by atoms with Crippen molar-refractivity contribution in [2.24, 2.45) is 0 Å². The number of benzene rings is 2. The number of hydrogen-bond acceptors (Lipinski definition) is 4. The molecule has 0 aromatic heterocycles. The Bertz CT molecular complexity index is 645. The lowest BCUT2D eigenvalue weighted by molar-refractivity contribution is 0.103. The number of phenols is 1. The molecule has 0 aliphatic heterocycles. The Balaban J connectivity index is 1.47. The van der Waals surface area contributed by atoms with Gasteiger partial charge in [-0.05, 0) is 55.0 Å². The van der Waals surface area contributed by atoms with Crippen LogP contribution >= 0.6 is 0 Å². The number of aromatic hydroxyl groups is 1. The van der Waals surface area contributed by atoms with Crippen molar-refractivity contribution in [3.05, 3.63) is 59.7 Å². The van der Waals surface area contributed by atoms with E-state index >= 15 is 0 Å². The number of nitrogens with one attached hydrogen (secondary N) is 1. The zero-order valence-electron chi connectivity index (χ0n) is 13.8. The standard InChI is InChI=1S/C20H25NO3/c22-17(14-24-18-8-2-1-3-9-18)13-21-16-7-5-10-19-15(12-16)6-4-11-20(19)23/h1-4,6,8-9,11,16-17,21-23H,5,7,10,12-14H2/t16?,17-/m0/s1. The molecule has 4 heteroatoms. The number of rotatable bonds is 6. The van der Waals surface area contributed by atoms with Crippen LogP contribution in [0.5, 0.6) is 11.5 Å². The summed E-state index contributed by atoms with van der Waals surface area (Å²) in [6, 6.07) is 15.6. The van der Waals surface area contributed by atoms with Crippen LogP contribution in [0.2, 0.25) is 0 Å². The molecular formula is C20H25NO3. The zero-order chi connectivity index (χ0) is 16.8. The first kappa shape index (κ1) is 16.8. The summed E-state index contributed by atoms with van der Waals surface area (Å²) in [5, 5.41) is 23.6. The van der Waals surface area contributed by atoms with Crippen molar-refractivity contribution in [3.8, 4) is 11.5 Å². The molecule has 0 heterocycles. The predicted octanol–water partition coefficient (Wildman–Crippen LogP) is 2.67. The Morgan fingerprint density at radius 2 is 1.96 bits per heavy atom. The molecule has 0 spiro atoms. The van der Waals surface area contributed by atoms with Gasteiger partial charge in [-0.3, -0.25) is 0 Å². The van der Waals surface area contributed by atoms with Gasteiger partial charge in [-0.15, -0.1) is 0 Å². The molecule has 1 aliphatic rings. The molecular weight excluding hydrogens is 302 g/mol. The van der Waals surface area contributed by atoms with E-state index in [1.165, 1.54) is 5.56 Å². The molecule has 0 bridgehead atoms. The highest BCUT2D eigenvalue weighted by Gasteiger charge is 2.19. The van der Waals surface area contributed by atoms with E-state index in [2.05, 4.69) is 11.4 Å². The molecule has 2 aromatic carbocycles. The van der Waals surface area contributed by atoms with Gasteiger partial charge in [-0.1, -0.05) is 30.3 Å². The highest BCUT2D eigenvalue weighted by atomic mass is 16.5. The van der Waals surface area contributed by atoms with E-state index in [-0.39, 0.29) is 6.61 Å². The average molecular weight is 327 g/mol. The van der Waals surface area contributed by atoms with Gasteiger partial charge in [0.2, 0.25) is 0 Å². The van der Waals surface area contributed by atoms with Gasteiger partial charge in [0.1, 0.15) is 24.2 Å². The Morgan fingerprint density at radius 1 is 1.12 bits per heavy atom. The average Bonchev–Trinajstić information content (AvgIpc) is 2.82. The summed E-state index contributed by atoms with van der Waals surface area (Å²) in [6.07, 6.45) is 3.34. The number of ether oxygens (including phenoxy) is 1. The Hall–Kier alpha value is -2.04. The number of para-hydroxylation sites is 1. The highest BCUT2D eigenvalue weighted by molar-refractivity contribution is 5.40. The molecule has 2 atom stereocenters. The van der Waals surface area contributed by atoms with Crippen molar-refractivity contribution in [2.75, 3.05) is 13.2 Å². The summed E-state index contributed by atoms with van der Waals surface area (Å²) in [4.78, 5) is 0. The van der Waals surface area contributed by atoms with Crippen molar-refractivity contribution in [1.82, 2.24) is 5.32 Å². The van der Waals surface area contributed by atoms with Crippen molar-refractivity contribution < 1.29 is 14.9 Å². The summed E-state index contributed by atoms with van der Waals surface area (Å²) in [6.45, 7) is 0.784. The minimum Gasteiger partial charge on any atom is -0.508 e. The van der Waals surface area contributed by atoms with Gasteiger partial charge in [0.15, 0.2) is 0 Å². The summed E-state index contributed by atoms with van der Waals surface area (Å²) < 4.78 is 5.58. The normalized spacial score (nSPS) is 18.5. The fraction of sp³-hybridized carbons (Fsp3) is 0.400.